The van der Waals surface area contributed by atoms with Crippen molar-refractivity contribution in [3.05, 3.63) is 268 Å². The molecule has 0 radical (unpaired) electrons. The van der Waals surface area contributed by atoms with Gasteiger partial charge < -0.3 is 14.7 Å². The number of hydrogen-bond acceptors (Lipinski definition) is 3. The Morgan fingerprint density at radius 1 is 0.203 bits per heavy atom. The van der Waals surface area contributed by atoms with E-state index in [1.54, 1.807) is 0 Å². The van der Waals surface area contributed by atoms with E-state index in [4.69, 9.17) is 0 Å². The van der Waals surface area contributed by atoms with Gasteiger partial charge in [-0.2, -0.15) is 0 Å². The summed E-state index contributed by atoms with van der Waals surface area (Å²) in [7, 11) is 0. The maximum atomic E-state index is 2.45. The van der Waals surface area contributed by atoms with Gasteiger partial charge in [-0.05, 0) is 192 Å². The molecule has 0 atom stereocenters. The third-order valence-corrected chi connectivity index (χ3v) is 16.6. The van der Waals surface area contributed by atoms with E-state index in [0.717, 1.165) is 25.7 Å². The molecule has 9 aromatic carbocycles. The first-order valence-electron chi connectivity index (χ1n) is 27.3. The molecule has 0 aromatic heterocycles. The monoisotopic (exact) mass is 966 g/mol. The molecule has 0 bridgehead atoms. The summed E-state index contributed by atoms with van der Waals surface area (Å²) in [5.41, 5.74) is 22.4. The number of hydrogen-bond donors (Lipinski definition) is 0. The van der Waals surface area contributed by atoms with E-state index in [9.17, 15) is 0 Å². The van der Waals surface area contributed by atoms with E-state index in [1.807, 2.05) is 0 Å². The Morgan fingerprint density at radius 2 is 0.351 bits per heavy atom. The second-order valence-electron chi connectivity index (χ2n) is 21.7. The van der Waals surface area contributed by atoms with Gasteiger partial charge in [-0.1, -0.05) is 176 Å². The van der Waals surface area contributed by atoms with Crippen LogP contribution < -0.4 is 14.7 Å². The van der Waals surface area contributed by atoms with Crippen LogP contribution in [-0.4, -0.2) is 0 Å². The van der Waals surface area contributed by atoms with E-state index in [1.165, 1.54) is 140 Å². The summed E-state index contributed by atoms with van der Waals surface area (Å²) in [5, 5.41) is 0. The largest absolute Gasteiger partial charge is 0.311 e. The Morgan fingerprint density at radius 3 is 0.514 bits per heavy atom. The molecule has 370 valence electrons. The van der Waals surface area contributed by atoms with Gasteiger partial charge in [0.05, 0.1) is 0 Å². The van der Waals surface area contributed by atoms with Crippen LogP contribution in [0.5, 0.6) is 0 Å². The van der Waals surface area contributed by atoms with Crippen molar-refractivity contribution < 1.29 is 0 Å². The van der Waals surface area contributed by atoms with Crippen LogP contribution in [0.25, 0.3) is 0 Å². The summed E-state index contributed by atoms with van der Waals surface area (Å²) in [6, 6.07) is 83.0. The normalized spacial score (nSPS) is 15.0. The van der Waals surface area contributed by atoms with Gasteiger partial charge in [0.25, 0.3) is 0 Å². The number of nitrogens with zero attached hydrogens (tertiary/aromatic N) is 3. The standard InChI is InChI=1S/C71H71N3/c1-52-12-30-61(31-13-52)72(62-32-14-53(2)15-33-62)66-40-22-57(23-41-66)70(48-8-6-9-49-70)59-26-44-68(45-27-59)74(65-38-20-56(5)21-39-65)69-46-28-60(29-47-69)71(50-10-7-11-51-71)58-24-42-67(43-25-58)73(63-34-16-54(3)17-35-63)64-36-18-55(4)19-37-64/h12-47H,6-11,48-51H2,1-5H3. The fourth-order valence-corrected chi connectivity index (χ4v) is 12.3. The van der Waals surface area contributed by atoms with Gasteiger partial charge in [0.1, 0.15) is 0 Å². The zero-order chi connectivity index (χ0) is 50.7. The summed E-state index contributed by atoms with van der Waals surface area (Å²) < 4.78 is 0. The minimum absolute atomic E-state index is 0.0453. The Balaban J connectivity index is 0.908. The van der Waals surface area contributed by atoms with E-state index >= 15 is 0 Å². The lowest BCUT2D eigenvalue weighted by Gasteiger charge is -2.39. The smallest absolute Gasteiger partial charge is 0.0461 e. The molecule has 0 spiro atoms. The van der Waals surface area contributed by atoms with Crippen molar-refractivity contribution in [3.63, 3.8) is 0 Å². The van der Waals surface area contributed by atoms with Gasteiger partial charge in [0.15, 0.2) is 0 Å². The zero-order valence-corrected chi connectivity index (χ0v) is 44.2. The van der Waals surface area contributed by atoms with Gasteiger partial charge in [-0.25, -0.2) is 0 Å². The quantitative estimate of drug-likeness (QED) is 0.114. The number of benzene rings is 9. The topological polar surface area (TPSA) is 9.72 Å². The number of anilines is 9. The van der Waals surface area contributed by atoms with Crippen molar-refractivity contribution in [1.82, 2.24) is 0 Å². The van der Waals surface area contributed by atoms with E-state index < -0.39 is 0 Å². The van der Waals surface area contributed by atoms with Crippen molar-refractivity contribution in [2.75, 3.05) is 14.7 Å². The SMILES string of the molecule is Cc1ccc(N(c2ccc(C)cc2)c2ccc(C3(c4ccc(N(c5ccc(C)cc5)c5ccc(C6(c7ccc(N(c8ccc(C)cc8)c8ccc(C)cc8)cc7)CCCCC6)cc5)cc4)CCCCC3)cc2)cc1. The molecule has 2 fully saturated rings. The lowest BCUT2D eigenvalue weighted by Crippen LogP contribution is -2.30. The highest BCUT2D eigenvalue weighted by Gasteiger charge is 2.38. The summed E-state index contributed by atoms with van der Waals surface area (Å²) in [4.78, 5) is 7.22. The van der Waals surface area contributed by atoms with Crippen molar-refractivity contribution >= 4 is 51.2 Å². The predicted molar refractivity (Wildman–Crippen MR) is 315 cm³/mol. The van der Waals surface area contributed by atoms with Crippen LogP contribution in [0.1, 0.15) is 114 Å². The highest BCUT2D eigenvalue weighted by atomic mass is 15.2. The maximum Gasteiger partial charge on any atom is 0.0461 e. The van der Waals surface area contributed by atoms with Gasteiger partial charge in [-0.3, -0.25) is 0 Å². The first-order valence-corrected chi connectivity index (χ1v) is 27.3. The van der Waals surface area contributed by atoms with E-state index in [0.29, 0.717) is 0 Å². The minimum Gasteiger partial charge on any atom is -0.311 e. The molecular formula is C71H71N3. The molecule has 0 aliphatic heterocycles. The van der Waals surface area contributed by atoms with E-state index in [-0.39, 0.29) is 10.8 Å². The minimum atomic E-state index is -0.0453. The molecule has 0 N–H and O–H groups in total. The molecule has 74 heavy (non-hydrogen) atoms. The lowest BCUT2D eigenvalue weighted by molar-refractivity contribution is 0.346. The summed E-state index contributed by atoms with van der Waals surface area (Å²) in [6.07, 6.45) is 12.1. The third-order valence-electron chi connectivity index (χ3n) is 16.6. The Kier molecular flexibility index (Phi) is 13.9. The maximum absolute atomic E-state index is 2.45. The molecule has 0 amide bonds. The molecule has 0 unspecified atom stereocenters. The third kappa shape index (κ3) is 9.81. The van der Waals surface area contributed by atoms with Gasteiger partial charge in [-0.15, -0.1) is 0 Å². The summed E-state index contributed by atoms with van der Waals surface area (Å²) in [6.45, 7) is 10.8. The molecule has 0 saturated heterocycles. The van der Waals surface area contributed by atoms with Crippen LogP contribution >= 0.6 is 0 Å². The molecule has 9 aromatic rings. The highest BCUT2D eigenvalue weighted by Crippen LogP contribution is 2.49. The Bertz CT molecular complexity index is 2960. The van der Waals surface area contributed by atoms with Crippen LogP contribution in [0.2, 0.25) is 0 Å². The van der Waals surface area contributed by atoms with Gasteiger partial charge in [0.2, 0.25) is 0 Å². The molecule has 11 rings (SSSR count). The average molecular weight is 966 g/mol. The molecule has 0 heterocycles. The van der Waals surface area contributed by atoms with Crippen LogP contribution in [0.15, 0.2) is 218 Å². The Labute approximate surface area is 441 Å². The number of aryl methyl sites for hydroxylation is 5. The second kappa shape index (κ2) is 21.1. The highest BCUT2D eigenvalue weighted by molar-refractivity contribution is 5.80. The van der Waals surface area contributed by atoms with Crippen molar-refractivity contribution in [2.45, 2.75) is 110 Å². The average Bonchev–Trinajstić information content (AvgIpc) is 3.45. The zero-order valence-electron chi connectivity index (χ0n) is 44.2. The molecule has 2 aliphatic carbocycles. The second-order valence-corrected chi connectivity index (χ2v) is 21.7. The molecule has 3 nitrogen and oxygen atoms in total. The van der Waals surface area contributed by atoms with Crippen LogP contribution in [0.4, 0.5) is 51.2 Å². The fraction of sp³-hybridized carbons (Fsp3) is 0.239. The first-order chi connectivity index (χ1) is 36.2. The molecule has 2 saturated carbocycles. The first kappa shape index (κ1) is 48.6. The molecule has 3 heteroatoms. The fourth-order valence-electron chi connectivity index (χ4n) is 12.3. The van der Waals surface area contributed by atoms with Gasteiger partial charge >= 0.3 is 0 Å². The van der Waals surface area contributed by atoms with Crippen LogP contribution in [0, 0.1) is 34.6 Å². The van der Waals surface area contributed by atoms with Crippen LogP contribution in [-0.2, 0) is 10.8 Å². The summed E-state index contributed by atoms with van der Waals surface area (Å²) in [5.74, 6) is 0. The predicted octanol–water partition coefficient (Wildman–Crippen LogP) is 20.1. The van der Waals surface area contributed by atoms with Crippen LogP contribution in [0.3, 0.4) is 0 Å². The van der Waals surface area contributed by atoms with Crippen molar-refractivity contribution in [2.24, 2.45) is 0 Å². The van der Waals surface area contributed by atoms with Crippen molar-refractivity contribution in [3.8, 4) is 0 Å². The summed E-state index contributed by atoms with van der Waals surface area (Å²) >= 11 is 0. The Hall–Kier alpha value is -7.62. The molecular weight excluding hydrogens is 895 g/mol. The van der Waals surface area contributed by atoms with Gasteiger partial charge in [0, 0.05) is 62.0 Å². The number of rotatable bonds is 13. The molecule has 2 aliphatic rings. The van der Waals surface area contributed by atoms with E-state index in [2.05, 4.69) is 268 Å². The van der Waals surface area contributed by atoms with Crippen molar-refractivity contribution in [1.29, 1.82) is 0 Å². The lowest BCUT2D eigenvalue weighted by atomic mass is 9.65.